The fraction of sp³-hybridized carbons (Fsp3) is 0.333. The molecule has 1 aromatic heterocycles. The Morgan fingerprint density at radius 2 is 2.00 bits per heavy atom. The first-order valence-corrected chi connectivity index (χ1v) is 7.38. The van der Waals surface area contributed by atoms with Crippen molar-refractivity contribution in [3.8, 4) is 11.5 Å². The lowest BCUT2D eigenvalue weighted by molar-refractivity contribution is 1.03. The van der Waals surface area contributed by atoms with Gasteiger partial charge in [0.05, 0.1) is 12.4 Å². The number of hydrogen-bond donors (Lipinski definition) is 0. The van der Waals surface area contributed by atoms with Gasteiger partial charge in [0.2, 0.25) is 0 Å². The Morgan fingerprint density at radius 3 is 2.50 bits per heavy atom. The van der Waals surface area contributed by atoms with Crippen molar-refractivity contribution in [1.82, 2.24) is 10.2 Å². The van der Waals surface area contributed by atoms with E-state index < -0.39 is 8.07 Å². The smallest absolute Gasteiger partial charge is 0.129 e. The number of nitrogens with zero attached hydrogens (tertiary/aromatic N) is 2. The zero-order chi connectivity index (χ0) is 9.03. The topological polar surface area (TPSA) is 25.8 Å². The normalized spacial score (nSPS) is 10.2. The Balaban J connectivity index is 2.81. The van der Waals surface area contributed by atoms with Crippen LogP contribution in [0.3, 0.4) is 0 Å². The van der Waals surface area contributed by atoms with Crippen molar-refractivity contribution in [3.05, 3.63) is 24.0 Å². The maximum absolute atomic E-state index is 3.75. The average Bonchev–Trinajstić information content (AvgIpc) is 2.02. The van der Waals surface area contributed by atoms with Crippen molar-refractivity contribution < 1.29 is 0 Å². The molecule has 0 amide bonds. The molecule has 62 valence electrons. The molecule has 1 aromatic rings. The summed E-state index contributed by atoms with van der Waals surface area (Å²) in [5.41, 5.74) is 4.21. The molecule has 0 fully saturated rings. The molecule has 12 heavy (non-hydrogen) atoms. The molecule has 0 bridgehead atoms. The fourth-order valence-corrected chi connectivity index (χ4v) is 1.14. The lowest BCUT2D eigenvalue weighted by Crippen LogP contribution is -2.16. The first-order valence-electron chi connectivity index (χ1n) is 3.88. The highest BCUT2D eigenvalue weighted by molar-refractivity contribution is 6.83. The quantitative estimate of drug-likeness (QED) is 0.444. The largest absolute Gasteiger partial charge is 0.159 e. The van der Waals surface area contributed by atoms with Crippen LogP contribution < -0.4 is 0 Å². The van der Waals surface area contributed by atoms with Crippen LogP contribution in [0.25, 0.3) is 0 Å². The van der Waals surface area contributed by atoms with Gasteiger partial charge in [-0.3, -0.25) is 0 Å². The van der Waals surface area contributed by atoms with Crippen LogP contribution >= 0.6 is 0 Å². The Bertz CT molecular complexity index is 303. The van der Waals surface area contributed by atoms with Crippen LogP contribution in [-0.4, -0.2) is 18.3 Å². The molecule has 1 rings (SSSR count). The molecule has 2 nitrogen and oxygen atoms in total. The van der Waals surface area contributed by atoms with Crippen molar-refractivity contribution in [2.24, 2.45) is 0 Å². The molecule has 0 aliphatic carbocycles. The van der Waals surface area contributed by atoms with Gasteiger partial charge >= 0.3 is 0 Å². The van der Waals surface area contributed by atoms with Gasteiger partial charge in [-0.1, -0.05) is 25.6 Å². The van der Waals surface area contributed by atoms with Gasteiger partial charge in [-0.05, 0) is 6.07 Å². The summed E-state index contributed by atoms with van der Waals surface area (Å²) in [6.45, 7) is 6.65. The first-order chi connectivity index (χ1) is 5.58. The molecule has 0 N–H and O–H groups in total. The summed E-state index contributed by atoms with van der Waals surface area (Å²) in [6.07, 6.45) is 3.35. The van der Waals surface area contributed by atoms with Gasteiger partial charge in [0.15, 0.2) is 0 Å². The maximum Gasteiger partial charge on any atom is 0.129 e. The van der Waals surface area contributed by atoms with Gasteiger partial charge < -0.3 is 0 Å². The first kappa shape index (κ1) is 8.95. The minimum atomic E-state index is -1.25. The summed E-state index contributed by atoms with van der Waals surface area (Å²) in [5.74, 6) is 3.09. The van der Waals surface area contributed by atoms with Crippen molar-refractivity contribution in [1.29, 1.82) is 0 Å². The second kappa shape index (κ2) is 3.50. The predicted octanol–water partition coefficient (Wildman–Crippen LogP) is 1.71. The summed E-state index contributed by atoms with van der Waals surface area (Å²) >= 11 is 0. The molecule has 0 saturated heterocycles. The molecule has 0 aliphatic rings. The average molecular weight is 176 g/mol. The second-order valence-electron chi connectivity index (χ2n) is 3.63. The summed E-state index contributed by atoms with van der Waals surface area (Å²) in [6, 6.07) is 1.88. The SMILES string of the molecule is C[Si](C)(C)C#Cc1ccnnc1. The van der Waals surface area contributed by atoms with E-state index in [2.05, 4.69) is 41.3 Å². The third-order valence-corrected chi connectivity index (χ3v) is 2.04. The molecule has 0 aromatic carbocycles. The lowest BCUT2D eigenvalue weighted by atomic mass is 10.3. The zero-order valence-corrected chi connectivity index (χ0v) is 8.63. The molecular formula is C9H12N2Si. The molecule has 0 spiro atoms. The lowest BCUT2D eigenvalue weighted by Gasteiger charge is -2.02. The van der Waals surface area contributed by atoms with E-state index in [1.54, 1.807) is 12.4 Å². The minimum absolute atomic E-state index is 0.951. The van der Waals surface area contributed by atoms with Crippen LogP contribution in [0.1, 0.15) is 5.56 Å². The van der Waals surface area contributed by atoms with Gasteiger partial charge in [0.1, 0.15) is 8.07 Å². The van der Waals surface area contributed by atoms with Crippen molar-refractivity contribution >= 4 is 8.07 Å². The standard InChI is InChI=1S/C9H12N2Si/c1-12(2,3)7-5-9-4-6-10-11-8-9/h4,6,8H,1-3H3. The maximum atomic E-state index is 3.75. The molecule has 0 aliphatic heterocycles. The van der Waals surface area contributed by atoms with Crippen molar-refractivity contribution in [2.45, 2.75) is 19.6 Å². The summed E-state index contributed by atoms with van der Waals surface area (Å²) in [4.78, 5) is 0. The van der Waals surface area contributed by atoms with Crippen LogP contribution in [-0.2, 0) is 0 Å². The number of hydrogen-bond acceptors (Lipinski definition) is 2. The van der Waals surface area contributed by atoms with Gasteiger partial charge in [-0.15, -0.1) is 5.54 Å². The molecule has 1 heterocycles. The van der Waals surface area contributed by atoms with Gasteiger partial charge in [-0.25, -0.2) is 0 Å². The molecule has 0 unspecified atom stereocenters. The third kappa shape index (κ3) is 3.31. The Labute approximate surface area is 74.0 Å². The van der Waals surface area contributed by atoms with Crippen molar-refractivity contribution in [3.63, 3.8) is 0 Å². The van der Waals surface area contributed by atoms with E-state index in [0.29, 0.717) is 0 Å². The zero-order valence-electron chi connectivity index (χ0n) is 7.63. The highest BCUT2D eigenvalue weighted by atomic mass is 28.3. The van der Waals surface area contributed by atoms with Gasteiger partial charge in [-0.2, -0.15) is 10.2 Å². The van der Waals surface area contributed by atoms with Crippen LogP contribution in [0.5, 0.6) is 0 Å². The van der Waals surface area contributed by atoms with E-state index in [1.165, 1.54) is 0 Å². The van der Waals surface area contributed by atoms with E-state index >= 15 is 0 Å². The minimum Gasteiger partial charge on any atom is -0.159 e. The number of aromatic nitrogens is 2. The fourth-order valence-electron chi connectivity index (χ4n) is 0.624. The monoisotopic (exact) mass is 176 g/mol. The Hall–Kier alpha value is -1.14. The Morgan fingerprint density at radius 1 is 1.25 bits per heavy atom. The van der Waals surface area contributed by atoms with E-state index in [0.717, 1.165) is 5.56 Å². The predicted molar refractivity (Wildman–Crippen MR) is 52.3 cm³/mol. The molecule has 3 heteroatoms. The van der Waals surface area contributed by atoms with Gasteiger partial charge in [0.25, 0.3) is 0 Å². The van der Waals surface area contributed by atoms with E-state index in [9.17, 15) is 0 Å². The number of rotatable bonds is 0. The summed E-state index contributed by atoms with van der Waals surface area (Å²) in [5, 5.41) is 7.43. The molecular weight excluding hydrogens is 164 g/mol. The summed E-state index contributed by atoms with van der Waals surface area (Å²) in [7, 11) is -1.25. The highest BCUT2D eigenvalue weighted by Gasteiger charge is 2.07. The van der Waals surface area contributed by atoms with Crippen molar-refractivity contribution in [2.75, 3.05) is 0 Å². The second-order valence-corrected chi connectivity index (χ2v) is 8.38. The highest BCUT2D eigenvalue weighted by Crippen LogP contribution is 1.98. The van der Waals surface area contributed by atoms with Crippen LogP contribution in [0.2, 0.25) is 19.6 Å². The van der Waals surface area contributed by atoms with E-state index in [-0.39, 0.29) is 0 Å². The van der Waals surface area contributed by atoms with Crippen LogP contribution in [0, 0.1) is 11.5 Å². The molecule has 0 saturated carbocycles. The van der Waals surface area contributed by atoms with Gasteiger partial charge in [0, 0.05) is 5.56 Å². The van der Waals surface area contributed by atoms with Crippen LogP contribution in [0.15, 0.2) is 18.5 Å². The molecule has 0 atom stereocenters. The van der Waals surface area contributed by atoms with Crippen LogP contribution in [0.4, 0.5) is 0 Å². The molecule has 0 radical (unpaired) electrons. The Kier molecular flexibility index (Phi) is 2.61. The van der Waals surface area contributed by atoms with E-state index in [4.69, 9.17) is 0 Å². The van der Waals surface area contributed by atoms with E-state index in [1.807, 2.05) is 6.07 Å². The summed E-state index contributed by atoms with van der Waals surface area (Å²) < 4.78 is 0. The third-order valence-electron chi connectivity index (χ3n) is 1.17.